The second kappa shape index (κ2) is 11.3. The van der Waals surface area contributed by atoms with Crippen LogP contribution in [0.3, 0.4) is 0 Å². The van der Waals surface area contributed by atoms with Crippen molar-refractivity contribution in [1.82, 2.24) is 19.9 Å². The van der Waals surface area contributed by atoms with Gasteiger partial charge in [0.05, 0.1) is 17.8 Å². The summed E-state index contributed by atoms with van der Waals surface area (Å²) < 4.78 is 19.0. The van der Waals surface area contributed by atoms with Crippen LogP contribution in [0.25, 0.3) is 32.7 Å². The Morgan fingerprint density at radius 1 is 1.00 bits per heavy atom. The first-order chi connectivity index (χ1) is 18.5. The number of hydrogen-bond acceptors (Lipinski definition) is 7. The van der Waals surface area contributed by atoms with E-state index in [1.807, 2.05) is 11.0 Å². The van der Waals surface area contributed by atoms with Gasteiger partial charge >= 0.3 is 0 Å². The van der Waals surface area contributed by atoms with E-state index in [4.69, 9.17) is 26.9 Å². The Hall–Kier alpha value is -4.47. The summed E-state index contributed by atoms with van der Waals surface area (Å²) in [6, 6.07) is 16.6. The summed E-state index contributed by atoms with van der Waals surface area (Å²) in [6.07, 6.45) is 0. The number of hydrogen-bond donors (Lipinski definition) is 0. The zero-order valence-electron chi connectivity index (χ0n) is 20.2. The quantitative estimate of drug-likeness (QED) is 0.187. The van der Waals surface area contributed by atoms with Crippen LogP contribution in [0.15, 0.2) is 65.8 Å². The van der Waals surface area contributed by atoms with E-state index in [-0.39, 0.29) is 24.9 Å². The summed E-state index contributed by atoms with van der Waals surface area (Å²) >= 11 is 5.89. The molecule has 5 rings (SSSR count). The van der Waals surface area contributed by atoms with Gasteiger partial charge in [-0.05, 0) is 66.2 Å². The molecule has 1 aliphatic heterocycles. The smallest absolute Gasteiger partial charge is 0.260 e. The van der Waals surface area contributed by atoms with Crippen LogP contribution in [0, 0.1) is 5.82 Å². The van der Waals surface area contributed by atoms with Crippen molar-refractivity contribution in [1.29, 1.82) is 0 Å². The van der Waals surface area contributed by atoms with Gasteiger partial charge in [0, 0.05) is 41.7 Å². The van der Waals surface area contributed by atoms with Gasteiger partial charge in [-0.3, -0.25) is 4.79 Å². The summed E-state index contributed by atoms with van der Waals surface area (Å²) in [5.41, 5.74) is 11.3. The third-order valence-electron chi connectivity index (χ3n) is 6.09. The van der Waals surface area contributed by atoms with Crippen LogP contribution in [0.5, 0.6) is 5.75 Å². The molecule has 10 nitrogen and oxygen atoms in total. The molecule has 2 aromatic carbocycles. The topological polar surface area (TPSA) is 120 Å². The predicted octanol–water partition coefficient (Wildman–Crippen LogP) is 5.02. The number of pyridine rings is 1. The Balaban J connectivity index is 1.35. The van der Waals surface area contributed by atoms with E-state index < -0.39 is 0 Å². The number of piperazine rings is 1. The van der Waals surface area contributed by atoms with Crippen molar-refractivity contribution in [3.05, 3.63) is 87.8 Å². The number of amides is 1. The van der Waals surface area contributed by atoms with Crippen molar-refractivity contribution in [3.63, 3.8) is 0 Å². The number of aromatic nitrogens is 3. The van der Waals surface area contributed by atoms with Crippen LogP contribution in [0.1, 0.15) is 5.82 Å². The molecular weight excluding hydrogens is 511 g/mol. The van der Waals surface area contributed by atoms with E-state index in [1.54, 1.807) is 47.4 Å². The first-order valence-electron chi connectivity index (χ1n) is 11.9. The fraction of sp³-hybridized carbons (Fsp3) is 0.231. The second-order valence-corrected chi connectivity index (χ2v) is 8.97. The van der Waals surface area contributed by atoms with Crippen LogP contribution < -0.4 is 9.64 Å². The molecule has 192 valence electrons. The number of azide groups is 1. The molecule has 1 amide bonds. The van der Waals surface area contributed by atoms with Gasteiger partial charge in [-0.25, -0.2) is 19.3 Å². The second-order valence-electron chi connectivity index (χ2n) is 8.53. The lowest BCUT2D eigenvalue weighted by Gasteiger charge is -2.35. The summed E-state index contributed by atoms with van der Waals surface area (Å²) in [7, 11) is 0. The monoisotopic (exact) mass is 532 g/mol. The first kappa shape index (κ1) is 25.2. The molecule has 1 aliphatic rings. The number of fused-ring (bicyclic) bond motifs is 1. The molecule has 0 aliphatic carbocycles. The Morgan fingerprint density at radius 2 is 1.74 bits per heavy atom. The minimum absolute atomic E-state index is 0.000356. The van der Waals surface area contributed by atoms with Crippen LogP contribution in [-0.2, 0) is 11.3 Å². The van der Waals surface area contributed by atoms with E-state index in [0.29, 0.717) is 65.3 Å². The fourth-order valence-corrected chi connectivity index (χ4v) is 4.27. The largest absolute Gasteiger partial charge is 0.484 e. The van der Waals surface area contributed by atoms with Gasteiger partial charge < -0.3 is 14.5 Å². The van der Waals surface area contributed by atoms with Crippen molar-refractivity contribution in [2.24, 2.45) is 5.11 Å². The third-order valence-corrected chi connectivity index (χ3v) is 6.35. The molecule has 0 spiro atoms. The van der Waals surface area contributed by atoms with Gasteiger partial charge in [0.1, 0.15) is 22.9 Å². The molecule has 1 saturated heterocycles. The summed E-state index contributed by atoms with van der Waals surface area (Å²) in [5, 5.41) is 4.20. The van der Waals surface area contributed by atoms with E-state index in [2.05, 4.69) is 20.0 Å². The normalized spacial score (nSPS) is 13.3. The third kappa shape index (κ3) is 5.74. The zero-order valence-corrected chi connectivity index (χ0v) is 20.9. The molecule has 0 unspecified atom stereocenters. The zero-order chi connectivity index (χ0) is 26.5. The molecule has 3 heterocycles. The number of nitrogens with zero attached hydrogens (tertiary/aromatic N) is 8. The standard InChI is InChI=1S/C26H22ClFN8O2/c27-18-3-7-20(8-4-18)38-16-24(37)35-11-13-36(14-12-35)26-25-22(31-23(33-26)15-30-34-29)10-9-21(32-25)17-1-5-19(28)6-2-17/h1-10H,11-16H2. The van der Waals surface area contributed by atoms with Crippen molar-refractivity contribution in [3.8, 4) is 17.0 Å². The summed E-state index contributed by atoms with van der Waals surface area (Å²) in [5.74, 6) is 1.09. The molecule has 12 heteroatoms. The van der Waals surface area contributed by atoms with Crippen molar-refractivity contribution < 1.29 is 13.9 Å². The maximum atomic E-state index is 13.4. The van der Waals surface area contributed by atoms with E-state index >= 15 is 0 Å². The molecule has 0 N–H and O–H groups in total. The number of benzene rings is 2. The fourth-order valence-electron chi connectivity index (χ4n) is 4.15. The lowest BCUT2D eigenvalue weighted by molar-refractivity contribution is -0.133. The van der Waals surface area contributed by atoms with E-state index in [1.165, 1.54) is 12.1 Å². The molecule has 4 aromatic rings. The van der Waals surface area contributed by atoms with E-state index in [9.17, 15) is 9.18 Å². The highest BCUT2D eigenvalue weighted by molar-refractivity contribution is 6.30. The highest BCUT2D eigenvalue weighted by Gasteiger charge is 2.25. The van der Waals surface area contributed by atoms with Crippen molar-refractivity contribution in [2.45, 2.75) is 6.54 Å². The molecule has 2 aromatic heterocycles. The average Bonchev–Trinajstić information content (AvgIpc) is 2.95. The number of ether oxygens (including phenoxy) is 1. The Kier molecular flexibility index (Phi) is 7.48. The van der Waals surface area contributed by atoms with Gasteiger partial charge in [-0.15, -0.1) is 0 Å². The molecule has 0 radical (unpaired) electrons. The average molecular weight is 533 g/mol. The Morgan fingerprint density at radius 3 is 2.45 bits per heavy atom. The van der Waals surface area contributed by atoms with Crippen LogP contribution in [0.2, 0.25) is 5.02 Å². The van der Waals surface area contributed by atoms with Crippen LogP contribution >= 0.6 is 11.6 Å². The maximum Gasteiger partial charge on any atom is 0.260 e. The van der Waals surface area contributed by atoms with Crippen molar-refractivity contribution >= 4 is 34.4 Å². The minimum Gasteiger partial charge on any atom is -0.484 e. The molecule has 0 bridgehead atoms. The van der Waals surface area contributed by atoms with Gasteiger partial charge in [0.15, 0.2) is 12.4 Å². The van der Waals surface area contributed by atoms with Crippen LogP contribution in [0.4, 0.5) is 10.2 Å². The summed E-state index contributed by atoms with van der Waals surface area (Å²) in [4.78, 5) is 33.3. The summed E-state index contributed by atoms with van der Waals surface area (Å²) in [6.45, 7) is 1.90. The van der Waals surface area contributed by atoms with E-state index in [0.717, 1.165) is 5.56 Å². The highest BCUT2D eigenvalue weighted by atomic mass is 35.5. The van der Waals surface area contributed by atoms with Gasteiger partial charge in [-0.2, -0.15) is 0 Å². The van der Waals surface area contributed by atoms with Gasteiger partial charge in [0.2, 0.25) is 0 Å². The van der Waals surface area contributed by atoms with Gasteiger partial charge in [0.25, 0.3) is 5.91 Å². The minimum atomic E-state index is -0.327. The Bertz CT molecular complexity index is 1500. The first-order valence-corrected chi connectivity index (χ1v) is 12.2. The highest BCUT2D eigenvalue weighted by Crippen LogP contribution is 2.27. The molecule has 0 saturated carbocycles. The lowest BCUT2D eigenvalue weighted by atomic mass is 10.1. The molecular formula is C26H22ClFN8O2. The number of rotatable bonds is 7. The maximum absolute atomic E-state index is 13.4. The molecule has 0 atom stereocenters. The number of halogens is 2. The predicted molar refractivity (Wildman–Crippen MR) is 141 cm³/mol. The lowest BCUT2D eigenvalue weighted by Crippen LogP contribution is -2.50. The number of carbonyl (C=O) groups excluding carboxylic acids is 1. The molecule has 38 heavy (non-hydrogen) atoms. The number of carbonyl (C=O) groups is 1. The molecule has 1 fully saturated rings. The van der Waals surface area contributed by atoms with Gasteiger partial charge in [-0.1, -0.05) is 16.7 Å². The Labute approximate surface area is 222 Å². The van der Waals surface area contributed by atoms with Crippen molar-refractivity contribution in [2.75, 3.05) is 37.7 Å². The number of anilines is 1. The SMILES string of the molecule is [N-]=[N+]=NCc1nc(N2CCN(C(=O)COc3ccc(Cl)cc3)CC2)c2nc(-c3ccc(F)cc3)ccc2n1. The van der Waals surface area contributed by atoms with Crippen LogP contribution in [-0.4, -0.2) is 58.5 Å².